The van der Waals surface area contributed by atoms with Gasteiger partial charge >= 0.3 is 12.3 Å². The molecule has 3 aromatic rings. The Morgan fingerprint density at radius 2 is 1.68 bits per heavy atom. The Bertz CT molecular complexity index is 1410. The minimum Gasteiger partial charge on any atom is -0.453 e. The van der Waals surface area contributed by atoms with Gasteiger partial charge in [0, 0.05) is 30.4 Å². The molecule has 0 saturated carbocycles. The van der Waals surface area contributed by atoms with Crippen LogP contribution in [-0.4, -0.2) is 49.7 Å². The number of hydrogen-bond donors (Lipinski definition) is 2. The average molecular weight is 566 g/mol. The SMILES string of the molecule is COC(=O)N1CCC(CNC2Cc3ccc(NC(=O)c4cccc(C)c4-c4ccc(C(F)(F)F)cc4)cc3C2)CC1. The molecule has 2 amide bonds. The number of carbonyl (C=O) groups is 2. The summed E-state index contributed by atoms with van der Waals surface area (Å²) in [6.07, 6.45) is -1.00. The van der Waals surface area contributed by atoms with Gasteiger partial charge in [-0.15, -0.1) is 0 Å². The van der Waals surface area contributed by atoms with E-state index in [2.05, 4.69) is 16.7 Å². The van der Waals surface area contributed by atoms with Crippen LogP contribution in [0.15, 0.2) is 60.7 Å². The summed E-state index contributed by atoms with van der Waals surface area (Å²) in [5, 5.41) is 6.69. The number of ether oxygens (including phenoxy) is 1. The molecule has 216 valence electrons. The number of piperidine rings is 1. The number of aryl methyl sites for hydroxylation is 1. The van der Waals surface area contributed by atoms with Gasteiger partial charge in [-0.3, -0.25) is 4.79 Å². The van der Waals surface area contributed by atoms with E-state index >= 15 is 0 Å². The number of nitrogens with one attached hydrogen (secondary N) is 2. The monoisotopic (exact) mass is 565 g/mol. The zero-order valence-electron chi connectivity index (χ0n) is 23.2. The van der Waals surface area contributed by atoms with Crippen LogP contribution in [0.1, 0.15) is 45.5 Å². The number of methoxy groups -OCH3 is 1. The maximum Gasteiger partial charge on any atom is 0.416 e. The van der Waals surface area contributed by atoms with Gasteiger partial charge in [0.2, 0.25) is 0 Å². The lowest BCUT2D eigenvalue weighted by Gasteiger charge is -2.31. The van der Waals surface area contributed by atoms with Crippen LogP contribution < -0.4 is 10.6 Å². The molecule has 9 heteroatoms. The van der Waals surface area contributed by atoms with Crippen LogP contribution in [-0.2, 0) is 23.8 Å². The van der Waals surface area contributed by atoms with E-state index in [4.69, 9.17) is 4.74 Å². The molecule has 1 unspecified atom stereocenters. The summed E-state index contributed by atoms with van der Waals surface area (Å²) in [4.78, 5) is 26.8. The normalized spacial score (nSPS) is 17.3. The zero-order chi connectivity index (χ0) is 29.1. The van der Waals surface area contributed by atoms with E-state index in [0.29, 0.717) is 47.4 Å². The second kappa shape index (κ2) is 11.9. The smallest absolute Gasteiger partial charge is 0.416 e. The van der Waals surface area contributed by atoms with Crippen molar-refractivity contribution in [3.63, 3.8) is 0 Å². The first-order chi connectivity index (χ1) is 19.6. The first-order valence-corrected chi connectivity index (χ1v) is 13.9. The van der Waals surface area contributed by atoms with Crippen LogP contribution in [0.2, 0.25) is 0 Å². The van der Waals surface area contributed by atoms with E-state index in [1.165, 1.54) is 30.4 Å². The predicted octanol–water partition coefficient (Wildman–Crippen LogP) is 6.47. The maximum atomic E-state index is 13.4. The highest BCUT2D eigenvalue weighted by molar-refractivity contribution is 6.09. The number of nitrogens with zero attached hydrogens (tertiary/aromatic N) is 1. The summed E-state index contributed by atoms with van der Waals surface area (Å²) in [7, 11) is 1.41. The molecule has 2 N–H and O–H groups in total. The number of carbonyl (C=O) groups excluding carboxylic acids is 2. The Balaban J connectivity index is 1.21. The number of hydrogen-bond acceptors (Lipinski definition) is 4. The van der Waals surface area contributed by atoms with Gasteiger partial charge in [0.25, 0.3) is 5.91 Å². The Morgan fingerprint density at radius 1 is 0.976 bits per heavy atom. The van der Waals surface area contributed by atoms with E-state index in [1.54, 1.807) is 17.0 Å². The van der Waals surface area contributed by atoms with Gasteiger partial charge in [-0.1, -0.05) is 30.3 Å². The number of rotatable bonds is 6. The quantitative estimate of drug-likeness (QED) is 0.360. The molecule has 0 spiro atoms. The predicted molar refractivity (Wildman–Crippen MR) is 152 cm³/mol. The van der Waals surface area contributed by atoms with Crippen molar-refractivity contribution in [2.24, 2.45) is 5.92 Å². The Morgan fingerprint density at radius 3 is 2.37 bits per heavy atom. The highest BCUT2D eigenvalue weighted by Gasteiger charge is 2.30. The zero-order valence-corrected chi connectivity index (χ0v) is 23.2. The number of halogens is 3. The third kappa shape index (κ3) is 6.56. The molecule has 2 aliphatic rings. The van der Waals surface area contributed by atoms with Crippen molar-refractivity contribution in [1.82, 2.24) is 10.2 Å². The topological polar surface area (TPSA) is 70.7 Å². The lowest BCUT2D eigenvalue weighted by molar-refractivity contribution is -0.137. The van der Waals surface area contributed by atoms with Gasteiger partial charge in [-0.05, 0) is 103 Å². The van der Waals surface area contributed by atoms with Crippen LogP contribution in [0.25, 0.3) is 11.1 Å². The van der Waals surface area contributed by atoms with E-state index in [-0.39, 0.29) is 12.0 Å². The van der Waals surface area contributed by atoms with Crippen molar-refractivity contribution in [3.8, 4) is 11.1 Å². The molecule has 0 aromatic heterocycles. The second-order valence-electron chi connectivity index (χ2n) is 10.9. The van der Waals surface area contributed by atoms with Crippen LogP contribution in [0, 0.1) is 12.8 Å². The third-order valence-corrected chi connectivity index (χ3v) is 8.16. The van der Waals surface area contributed by atoms with Crippen molar-refractivity contribution < 1.29 is 27.5 Å². The largest absolute Gasteiger partial charge is 0.453 e. The molecule has 1 fully saturated rings. The first kappa shape index (κ1) is 28.7. The Hall–Kier alpha value is -3.85. The minimum atomic E-state index is -4.42. The van der Waals surface area contributed by atoms with Crippen molar-refractivity contribution in [2.75, 3.05) is 32.1 Å². The van der Waals surface area contributed by atoms with Crippen LogP contribution in [0.3, 0.4) is 0 Å². The number of alkyl halides is 3. The van der Waals surface area contributed by atoms with E-state index < -0.39 is 11.7 Å². The summed E-state index contributed by atoms with van der Waals surface area (Å²) < 4.78 is 44.0. The molecule has 1 saturated heterocycles. The highest BCUT2D eigenvalue weighted by atomic mass is 19.4. The summed E-state index contributed by atoms with van der Waals surface area (Å²) in [6, 6.07) is 16.5. The summed E-state index contributed by atoms with van der Waals surface area (Å²) in [5.74, 6) is 0.206. The lowest BCUT2D eigenvalue weighted by atomic mass is 9.93. The number of amides is 2. The molecule has 6 nitrogen and oxygen atoms in total. The van der Waals surface area contributed by atoms with Crippen molar-refractivity contribution in [1.29, 1.82) is 0 Å². The van der Waals surface area contributed by atoms with E-state index in [0.717, 1.165) is 49.9 Å². The number of benzene rings is 3. The molecular formula is C32H34F3N3O3. The van der Waals surface area contributed by atoms with Crippen LogP contribution in [0.4, 0.5) is 23.7 Å². The number of likely N-dealkylation sites (tertiary alicyclic amines) is 1. The molecular weight excluding hydrogens is 531 g/mol. The van der Waals surface area contributed by atoms with Gasteiger partial charge in [0.15, 0.2) is 0 Å². The Kier molecular flexibility index (Phi) is 8.35. The van der Waals surface area contributed by atoms with E-state index in [1.807, 2.05) is 25.1 Å². The average Bonchev–Trinajstić information content (AvgIpc) is 3.37. The first-order valence-electron chi connectivity index (χ1n) is 13.9. The molecule has 0 bridgehead atoms. The molecule has 5 rings (SSSR count). The van der Waals surface area contributed by atoms with Crippen molar-refractivity contribution in [3.05, 3.63) is 88.5 Å². The lowest BCUT2D eigenvalue weighted by Crippen LogP contribution is -2.42. The summed E-state index contributed by atoms with van der Waals surface area (Å²) in [5.41, 5.74) is 4.77. The molecule has 0 radical (unpaired) electrons. The second-order valence-corrected chi connectivity index (χ2v) is 10.9. The minimum absolute atomic E-state index is 0.260. The maximum absolute atomic E-state index is 13.4. The van der Waals surface area contributed by atoms with Crippen molar-refractivity contribution >= 4 is 17.7 Å². The number of fused-ring (bicyclic) bond motifs is 1. The van der Waals surface area contributed by atoms with Crippen LogP contribution in [0.5, 0.6) is 0 Å². The molecule has 1 aliphatic heterocycles. The highest BCUT2D eigenvalue weighted by Crippen LogP contribution is 2.34. The molecule has 1 aliphatic carbocycles. The summed E-state index contributed by atoms with van der Waals surface area (Å²) >= 11 is 0. The molecule has 3 aromatic carbocycles. The third-order valence-electron chi connectivity index (χ3n) is 8.16. The van der Waals surface area contributed by atoms with Crippen molar-refractivity contribution in [2.45, 2.75) is 44.8 Å². The molecule has 41 heavy (non-hydrogen) atoms. The fraction of sp³-hybridized carbons (Fsp3) is 0.375. The van der Waals surface area contributed by atoms with Gasteiger partial charge in [0.1, 0.15) is 0 Å². The van der Waals surface area contributed by atoms with Crippen LogP contribution >= 0.6 is 0 Å². The number of anilines is 1. The Labute approximate surface area is 237 Å². The standard InChI is InChI=1S/C32H34F3N3O3/c1-20-4-3-5-28(29(20)22-6-9-25(10-7-22)32(33,34)35)30(39)37-26-11-8-23-16-27(18-24(23)17-26)36-19-21-12-14-38(15-13-21)31(40)41-2/h3-11,17,21,27,36H,12-16,18-19H2,1-2H3,(H,37,39). The van der Waals surface area contributed by atoms with Gasteiger partial charge in [-0.25, -0.2) is 4.79 Å². The van der Waals surface area contributed by atoms with E-state index in [9.17, 15) is 22.8 Å². The van der Waals surface area contributed by atoms with Gasteiger partial charge in [-0.2, -0.15) is 13.2 Å². The fourth-order valence-corrected chi connectivity index (χ4v) is 5.89. The molecule has 1 heterocycles. The fourth-order valence-electron chi connectivity index (χ4n) is 5.89. The van der Waals surface area contributed by atoms with Gasteiger partial charge < -0.3 is 20.3 Å². The van der Waals surface area contributed by atoms with Gasteiger partial charge in [0.05, 0.1) is 12.7 Å². The molecule has 1 atom stereocenters. The summed E-state index contributed by atoms with van der Waals surface area (Å²) in [6.45, 7) is 4.18.